The Morgan fingerprint density at radius 3 is 2.55 bits per heavy atom. The molecule has 20 heavy (non-hydrogen) atoms. The number of carbonyl (C=O) groups is 1. The van der Waals surface area contributed by atoms with Crippen LogP contribution in [0.15, 0.2) is 36.4 Å². The van der Waals surface area contributed by atoms with Gasteiger partial charge in [-0.2, -0.15) is 0 Å². The zero-order chi connectivity index (χ0) is 14.4. The molecular formula is C15H17ClN2OS. The summed E-state index contributed by atoms with van der Waals surface area (Å²) in [6.45, 7) is 1.71. The summed E-state index contributed by atoms with van der Waals surface area (Å²) in [5.41, 5.74) is 1.85. The topological polar surface area (TPSA) is 41.1 Å². The van der Waals surface area contributed by atoms with Crippen molar-refractivity contribution in [3.8, 4) is 0 Å². The van der Waals surface area contributed by atoms with Crippen LogP contribution < -0.4 is 10.6 Å². The Bertz CT molecular complexity index is 566. The second-order valence-electron chi connectivity index (χ2n) is 4.41. The average molecular weight is 309 g/mol. The van der Waals surface area contributed by atoms with Crippen molar-refractivity contribution >= 4 is 28.8 Å². The molecule has 106 valence electrons. The number of amides is 1. The highest BCUT2D eigenvalue weighted by molar-refractivity contribution is 7.16. The largest absolute Gasteiger partial charge is 0.355 e. The molecule has 0 saturated carbocycles. The fraction of sp³-hybridized carbons (Fsp3) is 0.267. The quantitative estimate of drug-likeness (QED) is 0.805. The van der Waals surface area contributed by atoms with Crippen molar-refractivity contribution in [3.63, 3.8) is 0 Å². The molecular weight excluding hydrogens is 292 g/mol. The van der Waals surface area contributed by atoms with Crippen LogP contribution in [0.4, 0.5) is 0 Å². The second kappa shape index (κ2) is 7.43. The van der Waals surface area contributed by atoms with Crippen molar-refractivity contribution in [1.82, 2.24) is 10.6 Å². The predicted octanol–water partition coefficient (Wildman–Crippen LogP) is 3.09. The summed E-state index contributed by atoms with van der Waals surface area (Å²) in [5, 5.41) is 5.99. The summed E-state index contributed by atoms with van der Waals surface area (Å²) >= 11 is 7.51. The van der Waals surface area contributed by atoms with Gasteiger partial charge >= 0.3 is 0 Å². The van der Waals surface area contributed by atoms with E-state index in [1.54, 1.807) is 18.4 Å². The van der Waals surface area contributed by atoms with E-state index in [1.807, 2.05) is 30.3 Å². The van der Waals surface area contributed by atoms with Gasteiger partial charge in [0.1, 0.15) is 0 Å². The minimum atomic E-state index is -0.0564. The second-order valence-corrected chi connectivity index (χ2v) is 6.21. The van der Waals surface area contributed by atoms with Crippen LogP contribution in [0.25, 0.3) is 0 Å². The maximum atomic E-state index is 11.4. The molecule has 0 atom stereocenters. The molecule has 0 spiro atoms. The Morgan fingerprint density at radius 2 is 1.95 bits per heavy atom. The smallest absolute Gasteiger partial charge is 0.251 e. The van der Waals surface area contributed by atoms with E-state index >= 15 is 0 Å². The van der Waals surface area contributed by atoms with E-state index in [0.29, 0.717) is 5.56 Å². The molecule has 0 bridgehead atoms. The van der Waals surface area contributed by atoms with Crippen LogP contribution in [0.2, 0.25) is 4.34 Å². The van der Waals surface area contributed by atoms with Crippen molar-refractivity contribution in [1.29, 1.82) is 0 Å². The van der Waals surface area contributed by atoms with E-state index in [4.69, 9.17) is 11.6 Å². The third-order valence-corrected chi connectivity index (χ3v) is 4.24. The Labute approximate surface area is 128 Å². The predicted molar refractivity (Wildman–Crippen MR) is 84.6 cm³/mol. The minimum Gasteiger partial charge on any atom is -0.355 e. The molecule has 2 rings (SSSR count). The van der Waals surface area contributed by atoms with Gasteiger partial charge in [0.25, 0.3) is 5.91 Å². The summed E-state index contributed by atoms with van der Waals surface area (Å²) in [4.78, 5) is 12.7. The van der Waals surface area contributed by atoms with Crippen LogP contribution >= 0.6 is 22.9 Å². The van der Waals surface area contributed by atoms with E-state index in [0.717, 1.165) is 23.8 Å². The van der Waals surface area contributed by atoms with Gasteiger partial charge in [-0.1, -0.05) is 23.7 Å². The zero-order valence-corrected chi connectivity index (χ0v) is 12.9. The highest BCUT2D eigenvalue weighted by Crippen LogP contribution is 2.21. The van der Waals surface area contributed by atoms with Gasteiger partial charge in [-0.05, 0) is 36.2 Å². The molecule has 2 aromatic rings. The fourth-order valence-corrected chi connectivity index (χ4v) is 2.94. The molecule has 0 aliphatic heterocycles. The Hall–Kier alpha value is -1.36. The lowest BCUT2D eigenvalue weighted by atomic mass is 10.1. The first-order valence-corrected chi connectivity index (χ1v) is 7.64. The van der Waals surface area contributed by atoms with Crippen LogP contribution in [-0.4, -0.2) is 19.5 Å². The maximum absolute atomic E-state index is 11.4. The van der Waals surface area contributed by atoms with Gasteiger partial charge < -0.3 is 10.6 Å². The molecule has 0 unspecified atom stereocenters. The molecule has 1 aromatic carbocycles. The first-order valence-electron chi connectivity index (χ1n) is 6.45. The van der Waals surface area contributed by atoms with E-state index in [9.17, 15) is 4.79 Å². The molecule has 0 radical (unpaired) electrons. The highest BCUT2D eigenvalue weighted by Gasteiger charge is 2.02. The van der Waals surface area contributed by atoms with Gasteiger partial charge in [-0.25, -0.2) is 0 Å². The third kappa shape index (κ3) is 4.34. The van der Waals surface area contributed by atoms with Crippen molar-refractivity contribution in [2.45, 2.75) is 13.0 Å². The Balaban J connectivity index is 1.75. The molecule has 1 heterocycles. The molecule has 0 aliphatic carbocycles. The van der Waals surface area contributed by atoms with Gasteiger partial charge in [0.05, 0.1) is 4.34 Å². The third-order valence-electron chi connectivity index (χ3n) is 2.95. The molecule has 1 amide bonds. The van der Waals surface area contributed by atoms with Crippen LogP contribution in [0.3, 0.4) is 0 Å². The van der Waals surface area contributed by atoms with Crippen molar-refractivity contribution in [2.24, 2.45) is 0 Å². The molecule has 5 heteroatoms. The number of carbonyl (C=O) groups excluding carboxylic acids is 1. The van der Waals surface area contributed by atoms with E-state index in [1.165, 1.54) is 10.4 Å². The van der Waals surface area contributed by atoms with E-state index < -0.39 is 0 Å². The summed E-state index contributed by atoms with van der Waals surface area (Å²) in [7, 11) is 1.63. The standard InChI is InChI=1S/C15H17ClN2OS/c1-17-15(19)12-4-2-11(3-5-12)10-18-9-8-13-6-7-14(16)20-13/h2-7,18H,8-10H2,1H3,(H,17,19). The number of thiophene rings is 1. The van der Waals surface area contributed by atoms with Crippen LogP contribution in [0, 0.1) is 0 Å². The first-order chi connectivity index (χ1) is 9.69. The summed E-state index contributed by atoms with van der Waals surface area (Å²) < 4.78 is 0.838. The van der Waals surface area contributed by atoms with Crippen LogP contribution in [0.1, 0.15) is 20.8 Å². The Kier molecular flexibility index (Phi) is 5.59. The highest BCUT2D eigenvalue weighted by atomic mass is 35.5. The van der Waals surface area contributed by atoms with Gasteiger partial charge in [-0.3, -0.25) is 4.79 Å². The van der Waals surface area contributed by atoms with Gasteiger partial charge in [0, 0.05) is 30.6 Å². The van der Waals surface area contributed by atoms with Gasteiger partial charge in [-0.15, -0.1) is 11.3 Å². The lowest BCUT2D eigenvalue weighted by molar-refractivity contribution is 0.0963. The van der Waals surface area contributed by atoms with Crippen molar-refractivity contribution in [3.05, 3.63) is 56.7 Å². The number of benzene rings is 1. The lowest BCUT2D eigenvalue weighted by Crippen LogP contribution is -2.18. The zero-order valence-electron chi connectivity index (χ0n) is 11.3. The molecule has 2 N–H and O–H groups in total. The molecule has 1 aromatic heterocycles. The fourth-order valence-electron chi connectivity index (χ4n) is 1.85. The summed E-state index contributed by atoms with van der Waals surface area (Å²) in [6, 6.07) is 11.6. The average Bonchev–Trinajstić information content (AvgIpc) is 2.89. The molecule has 0 saturated heterocycles. The molecule has 3 nitrogen and oxygen atoms in total. The number of hydrogen-bond donors (Lipinski definition) is 2. The van der Waals surface area contributed by atoms with Gasteiger partial charge in [0.2, 0.25) is 0 Å². The number of hydrogen-bond acceptors (Lipinski definition) is 3. The minimum absolute atomic E-state index is 0.0564. The number of halogens is 1. The normalized spacial score (nSPS) is 10.5. The van der Waals surface area contributed by atoms with Crippen molar-refractivity contribution < 1.29 is 4.79 Å². The van der Waals surface area contributed by atoms with E-state index in [-0.39, 0.29) is 5.91 Å². The molecule has 0 fully saturated rings. The Morgan fingerprint density at radius 1 is 1.20 bits per heavy atom. The van der Waals surface area contributed by atoms with Crippen LogP contribution in [-0.2, 0) is 13.0 Å². The maximum Gasteiger partial charge on any atom is 0.251 e. The number of rotatable bonds is 6. The first kappa shape index (κ1) is 15.0. The number of nitrogens with one attached hydrogen (secondary N) is 2. The van der Waals surface area contributed by atoms with Crippen LogP contribution in [0.5, 0.6) is 0 Å². The summed E-state index contributed by atoms with van der Waals surface area (Å²) in [5.74, 6) is -0.0564. The lowest BCUT2D eigenvalue weighted by Gasteiger charge is -2.05. The van der Waals surface area contributed by atoms with E-state index in [2.05, 4.69) is 16.7 Å². The summed E-state index contributed by atoms with van der Waals surface area (Å²) in [6.07, 6.45) is 0.980. The SMILES string of the molecule is CNC(=O)c1ccc(CNCCc2ccc(Cl)s2)cc1. The monoisotopic (exact) mass is 308 g/mol. The molecule has 0 aliphatic rings. The van der Waals surface area contributed by atoms with Gasteiger partial charge in [0.15, 0.2) is 0 Å². The van der Waals surface area contributed by atoms with Crippen molar-refractivity contribution in [2.75, 3.05) is 13.6 Å².